The van der Waals surface area contributed by atoms with Crippen LogP contribution in [0.1, 0.15) is 12.8 Å². The number of likely N-dealkylation sites (tertiary alicyclic amines) is 1. The topological polar surface area (TPSA) is 52.6 Å². The van der Waals surface area contributed by atoms with Gasteiger partial charge in [0.2, 0.25) is 0 Å². The van der Waals surface area contributed by atoms with Crippen molar-refractivity contribution in [1.29, 1.82) is 0 Å². The lowest BCUT2D eigenvalue weighted by Gasteiger charge is -2.11. The molecular weight excluding hydrogens is 120 g/mol. The molecular formula is C5H10N2O2. The summed E-state index contributed by atoms with van der Waals surface area (Å²) in [6, 6.07) is -0.382. The molecule has 0 bridgehead atoms. The molecule has 1 rings (SSSR count). The van der Waals surface area contributed by atoms with Crippen molar-refractivity contribution in [2.24, 2.45) is 0 Å². The van der Waals surface area contributed by atoms with E-state index in [9.17, 15) is 4.79 Å². The molecule has 0 spiro atoms. The van der Waals surface area contributed by atoms with Gasteiger partial charge in [0.15, 0.2) is 0 Å². The summed E-state index contributed by atoms with van der Waals surface area (Å²) in [6.07, 6.45) is 2.10. The largest absolute Gasteiger partial charge is 0.341 e. The third kappa shape index (κ3) is 1.32. The maximum absolute atomic E-state index is 10.6. The van der Waals surface area contributed by atoms with Crippen molar-refractivity contribution in [3.63, 3.8) is 0 Å². The van der Waals surface area contributed by atoms with E-state index in [4.69, 9.17) is 5.21 Å². The first kappa shape index (κ1) is 6.35. The number of rotatable bonds is 0. The van der Waals surface area contributed by atoms with Gasteiger partial charge in [-0.1, -0.05) is 0 Å². The maximum Gasteiger partial charge on any atom is 0.341 e. The highest BCUT2D eigenvalue weighted by Crippen LogP contribution is 2.05. The number of hydrogen-bond donors (Lipinski definition) is 2. The summed E-state index contributed by atoms with van der Waals surface area (Å²) in [5.74, 6) is 0. The quantitative estimate of drug-likeness (QED) is 0.363. The Labute approximate surface area is 53.4 Å². The molecule has 0 atom stereocenters. The Hall–Kier alpha value is -0.770. The van der Waals surface area contributed by atoms with Gasteiger partial charge in [-0.05, 0) is 12.8 Å². The first-order valence-electron chi connectivity index (χ1n) is 3.03. The van der Waals surface area contributed by atoms with E-state index in [-0.39, 0.29) is 6.03 Å². The Balaban J connectivity index is 2.32. The Kier molecular flexibility index (Phi) is 1.89. The highest BCUT2D eigenvalue weighted by molar-refractivity contribution is 5.72. The molecule has 52 valence electrons. The number of carbonyl (C=O) groups excluding carboxylic acids is 1. The second kappa shape index (κ2) is 2.68. The zero-order chi connectivity index (χ0) is 6.69. The number of hydrogen-bond acceptors (Lipinski definition) is 2. The van der Waals surface area contributed by atoms with Crippen molar-refractivity contribution < 1.29 is 10.0 Å². The van der Waals surface area contributed by atoms with Gasteiger partial charge in [0.05, 0.1) is 0 Å². The number of urea groups is 1. The lowest BCUT2D eigenvalue weighted by molar-refractivity contribution is 0.136. The van der Waals surface area contributed by atoms with E-state index in [1.807, 2.05) is 0 Å². The van der Waals surface area contributed by atoms with Crippen LogP contribution in [0.15, 0.2) is 0 Å². The number of amides is 2. The average molecular weight is 130 g/mol. The van der Waals surface area contributed by atoms with Gasteiger partial charge in [-0.2, -0.15) is 0 Å². The van der Waals surface area contributed by atoms with Crippen LogP contribution in [0, 0.1) is 0 Å². The van der Waals surface area contributed by atoms with E-state index < -0.39 is 0 Å². The van der Waals surface area contributed by atoms with Crippen molar-refractivity contribution in [2.45, 2.75) is 12.8 Å². The monoisotopic (exact) mass is 130 g/mol. The lowest BCUT2D eigenvalue weighted by Crippen LogP contribution is -2.35. The molecule has 0 saturated carbocycles. The third-order valence-corrected chi connectivity index (χ3v) is 1.49. The molecule has 1 aliphatic rings. The van der Waals surface area contributed by atoms with E-state index >= 15 is 0 Å². The first-order valence-corrected chi connectivity index (χ1v) is 3.03. The number of nitrogens with zero attached hydrogens (tertiary/aromatic N) is 1. The third-order valence-electron chi connectivity index (χ3n) is 1.49. The Morgan fingerprint density at radius 2 is 2.00 bits per heavy atom. The maximum atomic E-state index is 10.6. The molecule has 0 aromatic heterocycles. The fraction of sp³-hybridized carbons (Fsp3) is 0.800. The molecule has 2 amide bonds. The second-order valence-electron chi connectivity index (χ2n) is 2.11. The van der Waals surface area contributed by atoms with Gasteiger partial charge in [-0.3, -0.25) is 5.21 Å². The smallest absolute Gasteiger partial charge is 0.323 e. The molecule has 0 aromatic carbocycles. The number of hydroxylamine groups is 1. The molecule has 1 aliphatic heterocycles. The molecule has 0 unspecified atom stereocenters. The van der Waals surface area contributed by atoms with Gasteiger partial charge in [0.25, 0.3) is 0 Å². The second-order valence-corrected chi connectivity index (χ2v) is 2.11. The minimum Gasteiger partial charge on any atom is -0.323 e. The van der Waals surface area contributed by atoms with Crippen molar-refractivity contribution in [3.8, 4) is 0 Å². The molecule has 4 heteroatoms. The minimum atomic E-state index is -0.382. The van der Waals surface area contributed by atoms with E-state index in [1.165, 1.54) is 0 Å². The molecule has 0 aliphatic carbocycles. The van der Waals surface area contributed by atoms with Gasteiger partial charge in [-0.15, -0.1) is 0 Å². The summed E-state index contributed by atoms with van der Waals surface area (Å²) in [6.45, 7) is 1.54. The summed E-state index contributed by atoms with van der Waals surface area (Å²) in [4.78, 5) is 12.2. The fourth-order valence-corrected chi connectivity index (χ4v) is 0.991. The SMILES string of the molecule is O=C(NO)N1CCCC1. The Bertz CT molecular complexity index is 110. The molecule has 0 radical (unpaired) electrons. The minimum absolute atomic E-state index is 0.382. The van der Waals surface area contributed by atoms with Gasteiger partial charge in [-0.25, -0.2) is 10.3 Å². The van der Waals surface area contributed by atoms with Crippen LogP contribution >= 0.6 is 0 Å². The van der Waals surface area contributed by atoms with Crippen LogP contribution in [-0.2, 0) is 0 Å². The van der Waals surface area contributed by atoms with E-state index in [0.717, 1.165) is 25.9 Å². The van der Waals surface area contributed by atoms with Gasteiger partial charge >= 0.3 is 6.03 Å². The molecule has 1 heterocycles. The van der Waals surface area contributed by atoms with Crippen LogP contribution in [0.25, 0.3) is 0 Å². The molecule has 2 N–H and O–H groups in total. The number of carbonyl (C=O) groups is 1. The molecule has 1 fully saturated rings. The van der Waals surface area contributed by atoms with E-state index in [2.05, 4.69) is 0 Å². The molecule has 4 nitrogen and oxygen atoms in total. The summed E-state index contributed by atoms with van der Waals surface area (Å²) in [7, 11) is 0. The predicted molar refractivity (Wildman–Crippen MR) is 31.1 cm³/mol. The van der Waals surface area contributed by atoms with Gasteiger partial charge < -0.3 is 4.90 Å². The van der Waals surface area contributed by atoms with E-state index in [1.54, 1.807) is 10.4 Å². The fourth-order valence-electron chi connectivity index (χ4n) is 0.991. The highest BCUT2D eigenvalue weighted by atomic mass is 16.5. The normalized spacial score (nSPS) is 18.1. The number of nitrogens with one attached hydrogen (secondary N) is 1. The van der Waals surface area contributed by atoms with Crippen LogP contribution in [-0.4, -0.2) is 29.2 Å². The zero-order valence-corrected chi connectivity index (χ0v) is 5.13. The summed E-state index contributed by atoms with van der Waals surface area (Å²) >= 11 is 0. The van der Waals surface area contributed by atoms with Crippen LogP contribution in [0.2, 0.25) is 0 Å². The van der Waals surface area contributed by atoms with Crippen molar-refractivity contribution in [3.05, 3.63) is 0 Å². The molecule has 1 saturated heterocycles. The first-order chi connectivity index (χ1) is 4.34. The predicted octanol–water partition coefficient (Wildman–Crippen LogP) is 0.181. The van der Waals surface area contributed by atoms with E-state index in [0.29, 0.717) is 0 Å². The van der Waals surface area contributed by atoms with Crippen LogP contribution in [0.3, 0.4) is 0 Å². The molecule has 9 heavy (non-hydrogen) atoms. The standard InChI is InChI=1S/C5H10N2O2/c8-5(6-9)7-3-1-2-4-7/h9H,1-4H2,(H,6,8). The zero-order valence-electron chi connectivity index (χ0n) is 5.13. The summed E-state index contributed by atoms with van der Waals surface area (Å²) in [5.41, 5.74) is 1.59. The average Bonchev–Trinajstić information content (AvgIpc) is 2.37. The lowest BCUT2D eigenvalue weighted by atomic mass is 10.4. The van der Waals surface area contributed by atoms with Gasteiger partial charge in [0, 0.05) is 13.1 Å². The highest BCUT2D eigenvalue weighted by Gasteiger charge is 2.16. The van der Waals surface area contributed by atoms with Gasteiger partial charge in [0.1, 0.15) is 0 Å². The van der Waals surface area contributed by atoms with Crippen LogP contribution in [0.5, 0.6) is 0 Å². The Morgan fingerprint density at radius 3 is 2.44 bits per heavy atom. The van der Waals surface area contributed by atoms with Crippen molar-refractivity contribution in [1.82, 2.24) is 10.4 Å². The van der Waals surface area contributed by atoms with Crippen LogP contribution in [0.4, 0.5) is 4.79 Å². The summed E-state index contributed by atoms with van der Waals surface area (Å²) < 4.78 is 0. The van der Waals surface area contributed by atoms with Crippen molar-refractivity contribution >= 4 is 6.03 Å². The van der Waals surface area contributed by atoms with Crippen molar-refractivity contribution in [2.75, 3.05) is 13.1 Å². The van der Waals surface area contributed by atoms with Crippen LogP contribution < -0.4 is 5.48 Å². The Morgan fingerprint density at radius 1 is 1.44 bits per heavy atom. The molecule has 0 aromatic rings. The summed E-state index contributed by atoms with van der Waals surface area (Å²) in [5, 5.41) is 8.15.